The van der Waals surface area contributed by atoms with Gasteiger partial charge in [-0.25, -0.2) is 4.21 Å². The Bertz CT molecular complexity index is 1950. The minimum Gasteiger partial charge on any atom is -0.490 e. The van der Waals surface area contributed by atoms with Crippen LogP contribution in [0.5, 0.6) is 5.75 Å². The van der Waals surface area contributed by atoms with Crippen LogP contribution in [-0.2, 0) is 35.8 Å². The van der Waals surface area contributed by atoms with E-state index in [0.29, 0.717) is 37.5 Å². The molecule has 10 nitrogen and oxygen atoms in total. The largest absolute Gasteiger partial charge is 0.490 e. The van der Waals surface area contributed by atoms with E-state index >= 15 is 0 Å². The molecule has 6 aliphatic rings. The smallest absolute Gasteiger partial charge is 0.307 e. The molecule has 304 valence electrons. The fourth-order valence-corrected chi connectivity index (χ4v) is 12.2. The first kappa shape index (κ1) is 39.7. The molecule has 56 heavy (non-hydrogen) atoms. The maximum atomic E-state index is 14.1. The highest BCUT2D eigenvalue weighted by atomic mass is 35.5. The lowest BCUT2D eigenvalue weighted by Crippen LogP contribution is -2.60. The number of methoxy groups -OCH3 is 1. The van der Waals surface area contributed by atoms with Gasteiger partial charge in [-0.1, -0.05) is 36.7 Å². The van der Waals surface area contributed by atoms with Gasteiger partial charge in [-0.15, -0.1) is 0 Å². The lowest BCUT2D eigenvalue weighted by atomic mass is 9.63. The van der Waals surface area contributed by atoms with Gasteiger partial charge in [0, 0.05) is 80.2 Å². The first-order valence-electron chi connectivity index (χ1n) is 20.7. The van der Waals surface area contributed by atoms with E-state index in [-0.39, 0.29) is 40.4 Å². The number of nitrogens with one attached hydrogen (secondary N) is 1. The van der Waals surface area contributed by atoms with Crippen molar-refractivity contribution in [1.82, 2.24) is 14.5 Å². The van der Waals surface area contributed by atoms with Crippen molar-refractivity contribution < 1.29 is 28.0 Å². The molecular weight excluding hydrogens is 748 g/mol. The molecule has 8 rings (SSSR count). The summed E-state index contributed by atoms with van der Waals surface area (Å²) in [6, 6.07) is 12.2. The second kappa shape index (κ2) is 15.9. The SMILES string of the molecule is C=S1(=O)NC(=O)c2ccc3c(c2)N(C[C@@H]2CC[C@H]2[C@@](CN2CCN([C@@H]4CCOC(=O)C4)CC2)(OC)/C=C/C[C@H](C)[C@H]1C)C[C@@]1(CCCc2cc(Cl)ccc21)CO3. The number of carbonyl (C=O) groups excluding carboxylic acids is 2. The van der Waals surface area contributed by atoms with E-state index in [4.69, 9.17) is 25.8 Å². The summed E-state index contributed by atoms with van der Waals surface area (Å²) >= 11 is 6.53. The molecule has 2 aromatic carbocycles. The second-order valence-electron chi connectivity index (χ2n) is 17.5. The number of allylic oxidation sites excluding steroid dienone is 1. The monoisotopic (exact) mass is 806 g/mol. The summed E-state index contributed by atoms with van der Waals surface area (Å²) in [5, 5.41) is 0.398. The fraction of sp³-hybridized carbons (Fsp3) is 0.614. The number of fused-ring (bicyclic) bond motifs is 4. The van der Waals surface area contributed by atoms with Crippen molar-refractivity contribution >= 4 is 44.7 Å². The lowest BCUT2D eigenvalue weighted by molar-refractivity contribution is -0.150. The number of halogens is 1. The summed E-state index contributed by atoms with van der Waals surface area (Å²) in [5.41, 5.74) is 3.16. The van der Waals surface area contributed by atoms with E-state index < -0.39 is 15.3 Å². The van der Waals surface area contributed by atoms with Crippen LogP contribution in [0, 0.1) is 17.8 Å². The molecule has 1 unspecified atom stereocenters. The van der Waals surface area contributed by atoms with Gasteiger partial charge in [0.05, 0.1) is 35.0 Å². The standard InChI is InChI=1S/C44H59ClN4O6S/c1-30-7-5-17-44(53-3,28-47-18-20-48(21-19-47)36-15-22-54-41(50)25-36)38-12-9-34(38)26-49-27-43(16-6-8-32-23-35(45)11-13-37(32)43)29-55-40-14-10-33(24-39(40)49)42(51)46-56(4,52)31(30)2/h5,10-11,13-14,17,23-24,30-31,34,36,38H,4,6-9,12,15-16,18-22,25-29H2,1-3H3,(H,46,51,52)/b17-5+/t30-,31+,34-,36+,38+,43-,44+,56?/m0/s1. The normalized spacial score (nSPS) is 36.2. The maximum Gasteiger partial charge on any atom is 0.307 e. The van der Waals surface area contributed by atoms with Gasteiger partial charge in [-0.05, 0) is 117 Å². The van der Waals surface area contributed by atoms with Crippen molar-refractivity contribution in [2.75, 3.05) is 71.0 Å². The van der Waals surface area contributed by atoms with E-state index in [2.05, 4.69) is 56.5 Å². The number of carbonyl (C=O) groups is 2. The summed E-state index contributed by atoms with van der Waals surface area (Å²) < 4.78 is 35.7. The van der Waals surface area contributed by atoms with Crippen LogP contribution in [0.3, 0.4) is 0 Å². The number of anilines is 1. The van der Waals surface area contributed by atoms with Gasteiger partial charge in [-0.2, -0.15) is 0 Å². The van der Waals surface area contributed by atoms with Gasteiger partial charge < -0.3 is 19.1 Å². The predicted molar refractivity (Wildman–Crippen MR) is 223 cm³/mol. The summed E-state index contributed by atoms with van der Waals surface area (Å²) in [4.78, 5) is 33.4. The van der Waals surface area contributed by atoms with Crippen LogP contribution in [0.15, 0.2) is 48.6 Å². The summed E-state index contributed by atoms with van der Waals surface area (Å²) in [6.45, 7) is 11.0. The van der Waals surface area contributed by atoms with Gasteiger partial charge in [0.15, 0.2) is 0 Å². The molecule has 1 saturated carbocycles. The van der Waals surface area contributed by atoms with Crippen LogP contribution in [0.2, 0.25) is 5.02 Å². The quantitative estimate of drug-likeness (QED) is 0.230. The number of hydrogen-bond acceptors (Lipinski definition) is 9. The zero-order valence-corrected chi connectivity index (χ0v) is 34.9. The molecule has 4 heterocycles. The molecular formula is C44H59ClN4O6S. The molecule has 1 spiro atoms. The molecule has 1 amide bonds. The molecule has 12 heteroatoms. The fourth-order valence-electron chi connectivity index (χ4n) is 10.5. The summed E-state index contributed by atoms with van der Waals surface area (Å²) in [7, 11) is -1.11. The summed E-state index contributed by atoms with van der Waals surface area (Å²) in [6.07, 6.45) is 11.8. The van der Waals surface area contributed by atoms with Crippen LogP contribution in [0.1, 0.15) is 80.3 Å². The third-order valence-electron chi connectivity index (χ3n) is 14.3. The molecule has 3 fully saturated rings. The van der Waals surface area contributed by atoms with Crippen molar-refractivity contribution in [1.29, 1.82) is 0 Å². The van der Waals surface area contributed by atoms with Crippen LogP contribution in [-0.4, -0.2) is 115 Å². The summed E-state index contributed by atoms with van der Waals surface area (Å²) in [5.74, 6) is 4.97. The number of hydrogen-bond donors (Lipinski definition) is 1. The van der Waals surface area contributed by atoms with E-state index in [1.807, 2.05) is 32.2 Å². The van der Waals surface area contributed by atoms with Crippen LogP contribution < -0.4 is 14.4 Å². The number of aryl methyl sites for hydroxylation is 1. The van der Waals surface area contributed by atoms with Crippen molar-refractivity contribution in [2.24, 2.45) is 17.8 Å². The number of piperazine rings is 1. The van der Waals surface area contributed by atoms with Crippen LogP contribution >= 0.6 is 11.6 Å². The van der Waals surface area contributed by atoms with Gasteiger partial charge in [-0.3, -0.25) is 24.1 Å². The molecule has 8 atom stereocenters. The predicted octanol–water partition coefficient (Wildman–Crippen LogP) is 5.89. The van der Waals surface area contributed by atoms with Gasteiger partial charge in [0.2, 0.25) is 0 Å². The third-order valence-corrected chi connectivity index (χ3v) is 16.7. The van der Waals surface area contributed by atoms with Crippen LogP contribution in [0.4, 0.5) is 5.69 Å². The maximum absolute atomic E-state index is 14.1. The lowest BCUT2D eigenvalue weighted by Gasteiger charge is -2.52. The molecule has 1 N–H and O–H groups in total. The Morgan fingerprint density at radius 1 is 1.05 bits per heavy atom. The van der Waals surface area contributed by atoms with Crippen molar-refractivity contribution in [2.45, 2.75) is 87.5 Å². The topological polar surface area (TPSA) is 101 Å². The van der Waals surface area contributed by atoms with E-state index in [9.17, 15) is 13.8 Å². The number of ether oxygens (including phenoxy) is 3. The van der Waals surface area contributed by atoms with E-state index in [1.54, 1.807) is 6.07 Å². The minimum atomic E-state index is -2.98. The first-order valence-corrected chi connectivity index (χ1v) is 22.9. The average molecular weight is 807 g/mol. The Balaban J connectivity index is 1.14. The third kappa shape index (κ3) is 7.75. The highest BCUT2D eigenvalue weighted by Crippen LogP contribution is 2.49. The number of amides is 1. The Kier molecular flexibility index (Phi) is 11.3. The number of nitrogens with zero attached hydrogens (tertiary/aromatic N) is 3. The number of rotatable bonds is 4. The van der Waals surface area contributed by atoms with Gasteiger partial charge >= 0.3 is 5.97 Å². The Morgan fingerprint density at radius 3 is 2.62 bits per heavy atom. The van der Waals surface area contributed by atoms with Gasteiger partial charge in [0.25, 0.3) is 5.91 Å². The van der Waals surface area contributed by atoms with E-state index in [1.165, 1.54) is 11.1 Å². The Labute approximate surface area is 338 Å². The highest BCUT2D eigenvalue weighted by Gasteiger charge is 2.50. The highest BCUT2D eigenvalue weighted by molar-refractivity contribution is 7.99. The number of benzene rings is 2. The second-order valence-corrected chi connectivity index (χ2v) is 20.4. The van der Waals surface area contributed by atoms with E-state index in [0.717, 1.165) is 101 Å². The van der Waals surface area contributed by atoms with Crippen molar-refractivity contribution in [3.8, 4) is 5.75 Å². The first-order chi connectivity index (χ1) is 26.9. The molecule has 4 aliphatic heterocycles. The molecule has 0 aromatic heterocycles. The molecule has 2 bridgehead atoms. The number of esters is 1. The van der Waals surface area contributed by atoms with Gasteiger partial charge in [0.1, 0.15) is 11.4 Å². The Hall–Kier alpha value is -3.09. The minimum absolute atomic E-state index is 0.00214. The Morgan fingerprint density at radius 2 is 1.88 bits per heavy atom. The number of cyclic esters (lactones) is 1. The van der Waals surface area contributed by atoms with Crippen LogP contribution in [0.25, 0.3) is 0 Å². The van der Waals surface area contributed by atoms with Crippen molar-refractivity contribution in [3.63, 3.8) is 0 Å². The van der Waals surface area contributed by atoms with Crippen molar-refractivity contribution in [3.05, 3.63) is 70.3 Å². The zero-order valence-electron chi connectivity index (χ0n) is 33.3. The molecule has 2 aromatic rings. The molecule has 0 radical (unpaired) electrons. The molecule has 2 saturated heterocycles. The zero-order chi connectivity index (χ0) is 39.2. The average Bonchev–Trinajstić information content (AvgIpc) is 3.32. The molecule has 2 aliphatic carbocycles.